The first-order valence-electron chi connectivity index (χ1n) is 9.99. The highest BCUT2D eigenvalue weighted by Gasteiger charge is 2.28. The van der Waals surface area contributed by atoms with Crippen LogP contribution in [0.2, 0.25) is 0 Å². The molecule has 31 heavy (non-hydrogen) atoms. The molecule has 11 heteroatoms. The van der Waals surface area contributed by atoms with E-state index in [2.05, 4.69) is 16.0 Å². The summed E-state index contributed by atoms with van der Waals surface area (Å²) in [7, 11) is 0. The zero-order valence-corrected chi connectivity index (χ0v) is 17.3. The minimum atomic E-state index is -1.32. The van der Waals surface area contributed by atoms with Crippen molar-refractivity contribution in [3.05, 3.63) is 35.9 Å². The van der Waals surface area contributed by atoms with E-state index in [0.717, 1.165) is 5.56 Å². The molecule has 0 fully saturated rings. The number of carboxylic acids is 1. The zero-order valence-electron chi connectivity index (χ0n) is 17.3. The molecule has 0 bridgehead atoms. The van der Waals surface area contributed by atoms with E-state index < -0.39 is 55.0 Å². The van der Waals surface area contributed by atoms with Crippen molar-refractivity contribution in [3.63, 3.8) is 0 Å². The number of nitrogens with one attached hydrogen (secondary N) is 3. The highest BCUT2D eigenvalue weighted by molar-refractivity contribution is 5.93. The molecule has 3 unspecified atom stereocenters. The maximum absolute atomic E-state index is 12.6. The van der Waals surface area contributed by atoms with Gasteiger partial charge in [0.1, 0.15) is 18.6 Å². The van der Waals surface area contributed by atoms with Gasteiger partial charge < -0.3 is 37.6 Å². The molecule has 0 aromatic heterocycles. The van der Waals surface area contributed by atoms with Crippen LogP contribution < -0.4 is 27.4 Å². The fourth-order valence-electron chi connectivity index (χ4n) is 2.73. The average molecular weight is 437 g/mol. The van der Waals surface area contributed by atoms with Crippen LogP contribution >= 0.6 is 0 Å². The normalized spacial score (nSPS) is 13.5. The molecule has 0 heterocycles. The van der Waals surface area contributed by atoms with Crippen molar-refractivity contribution in [1.29, 1.82) is 0 Å². The van der Waals surface area contributed by atoms with Crippen LogP contribution in [0.25, 0.3) is 0 Å². The van der Waals surface area contributed by atoms with Gasteiger partial charge in [0.05, 0.1) is 12.6 Å². The first kappa shape index (κ1) is 26.0. The quantitative estimate of drug-likeness (QED) is 0.160. The minimum Gasteiger partial charge on any atom is -0.480 e. The lowest BCUT2D eigenvalue weighted by atomic mass is 10.0. The van der Waals surface area contributed by atoms with Crippen molar-refractivity contribution in [2.45, 2.75) is 43.8 Å². The number of aliphatic carboxylic acids is 1. The Hall–Kier alpha value is -3.02. The van der Waals surface area contributed by atoms with E-state index >= 15 is 0 Å². The summed E-state index contributed by atoms with van der Waals surface area (Å²) in [6, 6.07) is 5.49. The maximum atomic E-state index is 12.6. The molecule has 1 rings (SSSR count). The number of amides is 3. The summed E-state index contributed by atoms with van der Waals surface area (Å²) in [5.41, 5.74) is 11.9. The lowest BCUT2D eigenvalue weighted by Crippen LogP contribution is -2.57. The molecule has 0 radical (unpaired) electrons. The predicted octanol–water partition coefficient (Wildman–Crippen LogP) is -2.15. The van der Waals surface area contributed by atoms with E-state index in [1.54, 1.807) is 30.3 Å². The highest BCUT2D eigenvalue weighted by atomic mass is 16.4. The molecule has 0 aliphatic rings. The Kier molecular flexibility index (Phi) is 11.8. The van der Waals surface area contributed by atoms with Gasteiger partial charge in [0.15, 0.2) is 0 Å². The van der Waals surface area contributed by atoms with Crippen LogP contribution in [0, 0.1) is 0 Å². The summed E-state index contributed by atoms with van der Waals surface area (Å²) >= 11 is 0. The Morgan fingerprint density at radius 2 is 1.58 bits per heavy atom. The van der Waals surface area contributed by atoms with Crippen LogP contribution in [0.1, 0.15) is 24.8 Å². The van der Waals surface area contributed by atoms with Gasteiger partial charge in [0, 0.05) is 6.42 Å². The second kappa shape index (κ2) is 14.1. The standard InChI is InChI=1S/C20H31N5O6/c21-9-5-4-8-14(22)18(29)25-16(12-26)20(31)24-15(19(30)23-11-17(27)28)10-13-6-2-1-3-7-13/h1-3,6-7,14-16,26H,4-5,8-12,21-22H2,(H,23,30)(H,24,31)(H,25,29)(H,27,28). The van der Waals surface area contributed by atoms with Crippen molar-refractivity contribution < 1.29 is 29.4 Å². The molecule has 0 aliphatic heterocycles. The Labute approximate surface area is 180 Å². The molecule has 1 aromatic carbocycles. The van der Waals surface area contributed by atoms with Gasteiger partial charge in [-0.2, -0.15) is 0 Å². The lowest BCUT2D eigenvalue weighted by molar-refractivity contribution is -0.138. The molecular weight excluding hydrogens is 406 g/mol. The minimum absolute atomic E-state index is 0.0860. The SMILES string of the molecule is NCCCCC(N)C(=O)NC(CO)C(=O)NC(Cc1ccccc1)C(=O)NCC(=O)O. The molecule has 0 saturated carbocycles. The number of hydrogen-bond donors (Lipinski definition) is 7. The van der Waals surface area contributed by atoms with Crippen LogP contribution in [0.3, 0.4) is 0 Å². The van der Waals surface area contributed by atoms with E-state index in [0.29, 0.717) is 25.8 Å². The molecule has 11 nitrogen and oxygen atoms in total. The molecule has 1 aromatic rings. The molecule has 9 N–H and O–H groups in total. The number of nitrogens with two attached hydrogens (primary N) is 2. The maximum Gasteiger partial charge on any atom is 0.322 e. The van der Waals surface area contributed by atoms with Crippen LogP contribution in [0.5, 0.6) is 0 Å². The number of aliphatic hydroxyl groups is 1. The number of carboxylic acid groups (broad SMARTS) is 1. The fraction of sp³-hybridized carbons (Fsp3) is 0.500. The van der Waals surface area contributed by atoms with Gasteiger partial charge in [-0.25, -0.2) is 0 Å². The van der Waals surface area contributed by atoms with Crippen LogP contribution in [-0.2, 0) is 25.6 Å². The van der Waals surface area contributed by atoms with Crippen molar-refractivity contribution in [2.24, 2.45) is 11.5 Å². The number of benzene rings is 1. The number of hydrogen-bond acceptors (Lipinski definition) is 7. The summed E-state index contributed by atoms with van der Waals surface area (Å²) in [6.07, 6.45) is 1.81. The van der Waals surface area contributed by atoms with Crippen LogP contribution in [-0.4, -0.2) is 71.7 Å². The summed E-state index contributed by atoms with van der Waals surface area (Å²) in [6.45, 7) is -0.845. The van der Waals surface area contributed by atoms with E-state index in [4.69, 9.17) is 16.6 Å². The largest absolute Gasteiger partial charge is 0.480 e. The molecule has 0 saturated heterocycles. The van der Waals surface area contributed by atoms with Crippen LogP contribution in [0.4, 0.5) is 0 Å². The van der Waals surface area contributed by atoms with E-state index in [1.165, 1.54) is 0 Å². The molecule has 0 spiro atoms. The number of unbranched alkanes of at least 4 members (excludes halogenated alkanes) is 1. The molecule has 3 atom stereocenters. The van der Waals surface area contributed by atoms with Gasteiger partial charge in [0.25, 0.3) is 0 Å². The first-order chi connectivity index (χ1) is 14.8. The molecule has 0 aliphatic carbocycles. The Bertz CT molecular complexity index is 730. The summed E-state index contributed by atoms with van der Waals surface area (Å²) in [5.74, 6) is -3.35. The Balaban J connectivity index is 2.79. The lowest BCUT2D eigenvalue weighted by Gasteiger charge is -2.23. The molecule has 172 valence electrons. The third-order valence-electron chi connectivity index (χ3n) is 4.45. The number of carbonyl (C=O) groups is 4. The average Bonchev–Trinajstić information content (AvgIpc) is 2.75. The second-order valence-electron chi connectivity index (χ2n) is 7.00. The van der Waals surface area contributed by atoms with Gasteiger partial charge in [-0.05, 0) is 24.9 Å². The fourth-order valence-corrected chi connectivity index (χ4v) is 2.73. The van der Waals surface area contributed by atoms with Gasteiger partial charge >= 0.3 is 5.97 Å². The smallest absolute Gasteiger partial charge is 0.322 e. The number of rotatable bonds is 14. The topological polar surface area (TPSA) is 197 Å². The Morgan fingerprint density at radius 3 is 2.16 bits per heavy atom. The predicted molar refractivity (Wildman–Crippen MR) is 113 cm³/mol. The van der Waals surface area contributed by atoms with E-state index in [9.17, 15) is 24.3 Å². The van der Waals surface area contributed by atoms with Crippen molar-refractivity contribution in [1.82, 2.24) is 16.0 Å². The number of aliphatic hydroxyl groups excluding tert-OH is 1. The second-order valence-corrected chi connectivity index (χ2v) is 7.00. The van der Waals surface area contributed by atoms with Crippen molar-refractivity contribution in [2.75, 3.05) is 19.7 Å². The summed E-state index contributed by atoms with van der Waals surface area (Å²) in [5, 5.41) is 25.4. The summed E-state index contributed by atoms with van der Waals surface area (Å²) < 4.78 is 0. The molecule has 3 amide bonds. The third-order valence-corrected chi connectivity index (χ3v) is 4.45. The summed E-state index contributed by atoms with van der Waals surface area (Å²) in [4.78, 5) is 47.9. The highest BCUT2D eigenvalue weighted by Crippen LogP contribution is 2.05. The third kappa shape index (κ3) is 10.0. The van der Waals surface area contributed by atoms with Crippen molar-refractivity contribution >= 4 is 23.7 Å². The van der Waals surface area contributed by atoms with Gasteiger partial charge in [-0.1, -0.05) is 36.8 Å². The zero-order chi connectivity index (χ0) is 23.2. The van der Waals surface area contributed by atoms with Crippen LogP contribution in [0.15, 0.2) is 30.3 Å². The van der Waals surface area contributed by atoms with Gasteiger partial charge in [-0.3, -0.25) is 19.2 Å². The van der Waals surface area contributed by atoms with E-state index in [1.807, 2.05) is 0 Å². The van der Waals surface area contributed by atoms with Gasteiger partial charge in [0.2, 0.25) is 17.7 Å². The van der Waals surface area contributed by atoms with E-state index in [-0.39, 0.29) is 6.42 Å². The number of carbonyl (C=O) groups excluding carboxylic acids is 3. The first-order valence-corrected chi connectivity index (χ1v) is 9.99. The Morgan fingerprint density at radius 1 is 0.935 bits per heavy atom. The van der Waals surface area contributed by atoms with Crippen molar-refractivity contribution in [3.8, 4) is 0 Å². The molecular formula is C20H31N5O6. The van der Waals surface area contributed by atoms with Gasteiger partial charge in [-0.15, -0.1) is 0 Å². The monoisotopic (exact) mass is 437 g/mol.